The summed E-state index contributed by atoms with van der Waals surface area (Å²) in [5, 5.41) is 9.49. The van der Waals surface area contributed by atoms with Gasteiger partial charge in [0, 0.05) is 0 Å². The fourth-order valence-corrected chi connectivity index (χ4v) is 1.70. The molecule has 0 radical (unpaired) electrons. The van der Waals surface area contributed by atoms with Crippen LogP contribution in [0.3, 0.4) is 0 Å². The third-order valence-corrected chi connectivity index (χ3v) is 2.69. The first-order valence-electron chi connectivity index (χ1n) is 6.06. The maximum absolute atomic E-state index is 9.49. The normalized spacial score (nSPS) is 11.2. The summed E-state index contributed by atoms with van der Waals surface area (Å²) >= 11 is 0. The van der Waals surface area contributed by atoms with Crippen LogP contribution < -0.4 is 4.74 Å². The Labute approximate surface area is 113 Å². The minimum Gasteiger partial charge on any atom is -0.504 e. The first-order chi connectivity index (χ1) is 9.29. The molecule has 0 aromatic heterocycles. The van der Waals surface area contributed by atoms with Crippen molar-refractivity contribution in [2.24, 2.45) is 0 Å². The zero-order valence-electron chi connectivity index (χ0n) is 10.8. The van der Waals surface area contributed by atoms with E-state index in [-0.39, 0.29) is 5.75 Å². The maximum Gasteiger partial charge on any atom is 0.161 e. The monoisotopic (exact) mass is 252 g/mol. The summed E-state index contributed by atoms with van der Waals surface area (Å²) in [5.74, 6) is 0.633. The van der Waals surface area contributed by atoms with Crippen LogP contribution in [0.2, 0.25) is 0 Å². The highest BCUT2D eigenvalue weighted by atomic mass is 16.5. The average molecular weight is 252 g/mol. The second-order valence-corrected chi connectivity index (χ2v) is 4.06. The smallest absolute Gasteiger partial charge is 0.161 e. The number of allylic oxidation sites excluding steroid dienone is 2. The Morgan fingerprint density at radius 2 is 1.58 bits per heavy atom. The van der Waals surface area contributed by atoms with Crippen LogP contribution in [0.1, 0.15) is 11.1 Å². The molecule has 96 valence electrons. The van der Waals surface area contributed by atoms with Gasteiger partial charge in [0.25, 0.3) is 0 Å². The molecular formula is C17H16O2. The number of hydrogen-bond acceptors (Lipinski definition) is 2. The molecule has 0 atom stereocenters. The Morgan fingerprint density at radius 1 is 0.895 bits per heavy atom. The van der Waals surface area contributed by atoms with Crippen LogP contribution in [0.4, 0.5) is 0 Å². The second-order valence-electron chi connectivity index (χ2n) is 4.06. The molecule has 0 bridgehead atoms. The Hall–Kier alpha value is -2.48. The Morgan fingerprint density at radius 3 is 2.26 bits per heavy atom. The molecule has 0 amide bonds. The highest BCUT2D eigenvalue weighted by Gasteiger charge is 1.99. The zero-order chi connectivity index (χ0) is 13.5. The van der Waals surface area contributed by atoms with Crippen molar-refractivity contribution in [2.45, 2.75) is 0 Å². The highest BCUT2D eigenvalue weighted by Crippen LogP contribution is 2.26. The molecule has 2 heteroatoms. The van der Waals surface area contributed by atoms with E-state index in [2.05, 4.69) is 0 Å². The molecule has 2 aromatic rings. The van der Waals surface area contributed by atoms with Crippen molar-refractivity contribution in [3.8, 4) is 11.5 Å². The lowest BCUT2D eigenvalue weighted by atomic mass is 10.1. The quantitative estimate of drug-likeness (QED) is 0.829. The fraction of sp³-hybridized carbons (Fsp3) is 0.0588. The Kier molecular flexibility index (Phi) is 4.40. The van der Waals surface area contributed by atoms with Gasteiger partial charge in [0.1, 0.15) is 0 Å². The number of aromatic hydroxyl groups is 1. The van der Waals surface area contributed by atoms with Crippen LogP contribution in [0.5, 0.6) is 11.5 Å². The van der Waals surface area contributed by atoms with Gasteiger partial charge in [0.05, 0.1) is 7.11 Å². The standard InChI is InChI=1S/C17H16O2/c1-19-17-13-15(11-12-16(17)18)10-6-5-9-14-7-3-2-4-8-14/h2-13,18H,1H3/b9-5+,10-6+. The zero-order valence-corrected chi connectivity index (χ0v) is 10.8. The van der Waals surface area contributed by atoms with E-state index in [0.29, 0.717) is 5.75 Å². The highest BCUT2D eigenvalue weighted by molar-refractivity contribution is 5.59. The van der Waals surface area contributed by atoms with Crippen LogP contribution in [0.15, 0.2) is 60.7 Å². The molecule has 2 nitrogen and oxygen atoms in total. The van der Waals surface area contributed by atoms with E-state index in [4.69, 9.17) is 4.74 Å². The molecule has 0 aliphatic heterocycles. The molecule has 0 aliphatic rings. The van der Waals surface area contributed by atoms with E-state index in [9.17, 15) is 5.11 Å². The number of hydrogen-bond donors (Lipinski definition) is 1. The first kappa shape index (κ1) is 13.0. The fourth-order valence-electron chi connectivity index (χ4n) is 1.70. The minimum absolute atomic E-state index is 0.152. The van der Waals surface area contributed by atoms with E-state index in [1.807, 2.05) is 60.7 Å². The van der Waals surface area contributed by atoms with Gasteiger partial charge in [-0.05, 0) is 23.3 Å². The van der Waals surface area contributed by atoms with Crippen molar-refractivity contribution in [1.29, 1.82) is 0 Å². The van der Waals surface area contributed by atoms with Gasteiger partial charge in [0.2, 0.25) is 0 Å². The maximum atomic E-state index is 9.49. The van der Waals surface area contributed by atoms with Crippen molar-refractivity contribution >= 4 is 12.2 Å². The molecule has 2 aromatic carbocycles. The van der Waals surface area contributed by atoms with Crippen LogP contribution in [0, 0.1) is 0 Å². The molecule has 0 saturated carbocycles. The molecule has 0 saturated heterocycles. The van der Waals surface area contributed by atoms with Crippen molar-refractivity contribution in [1.82, 2.24) is 0 Å². The van der Waals surface area contributed by atoms with Crippen LogP contribution in [0.25, 0.3) is 12.2 Å². The predicted octanol–water partition coefficient (Wildman–Crippen LogP) is 4.13. The van der Waals surface area contributed by atoms with Gasteiger partial charge in [-0.1, -0.05) is 60.7 Å². The summed E-state index contributed by atoms with van der Waals surface area (Å²) < 4.78 is 5.06. The molecular weight excluding hydrogens is 236 g/mol. The molecule has 0 spiro atoms. The summed E-state index contributed by atoms with van der Waals surface area (Å²) in [4.78, 5) is 0. The van der Waals surface area contributed by atoms with Crippen molar-refractivity contribution < 1.29 is 9.84 Å². The van der Waals surface area contributed by atoms with E-state index >= 15 is 0 Å². The van der Waals surface area contributed by atoms with Crippen molar-refractivity contribution in [3.05, 3.63) is 71.8 Å². The number of methoxy groups -OCH3 is 1. The summed E-state index contributed by atoms with van der Waals surface area (Å²) in [6.45, 7) is 0. The number of benzene rings is 2. The molecule has 0 unspecified atom stereocenters. The molecule has 19 heavy (non-hydrogen) atoms. The summed E-state index contributed by atoms with van der Waals surface area (Å²) in [7, 11) is 1.54. The van der Waals surface area contributed by atoms with Crippen molar-refractivity contribution in [2.75, 3.05) is 7.11 Å². The Bertz CT molecular complexity index is 583. The topological polar surface area (TPSA) is 29.5 Å². The molecule has 0 aliphatic carbocycles. The lowest BCUT2D eigenvalue weighted by Gasteiger charge is -2.03. The van der Waals surface area contributed by atoms with Crippen LogP contribution in [-0.2, 0) is 0 Å². The van der Waals surface area contributed by atoms with Gasteiger partial charge in [-0.3, -0.25) is 0 Å². The van der Waals surface area contributed by atoms with Crippen LogP contribution in [-0.4, -0.2) is 12.2 Å². The van der Waals surface area contributed by atoms with E-state index in [1.165, 1.54) is 7.11 Å². The molecule has 1 N–H and O–H groups in total. The van der Waals surface area contributed by atoms with Gasteiger partial charge >= 0.3 is 0 Å². The van der Waals surface area contributed by atoms with Gasteiger partial charge in [-0.15, -0.1) is 0 Å². The number of ether oxygens (including phenoxy) is 1. The van der Waals surface area contributed by atoms with E-state index < -0.39 is 0 Å². The molecule has 2 rings (SSSR count). The lowest BCUT2D eigenvalue weighted by Crippen LogP contribution is -1.83. The minimum atomic E-state index is 0.152. The average Bonchev–Trinajstić information content (AvgIpc) is 2.46. The lowest BCUT2D eigenvalue weighted by molar-refractivity contribution is 0.373. The van der Waals surface area contributed by atoms with Gasteiger partial charge in [-0.25, -0.2) is 0 Å². The van der Waals surface area contributed by atoms with E-state index in [1.54, 1.807) is 12.1 Å². The summed E-state index contributed by atoms with van der Waals surface area (Å²) in [6, 6.07) is 15.4. The number of phenolic OH excluding ortho intramolecular Hbond substituents is 1. The van der Waals surface area contributed by atoms with Gasteiger partial charge in [-0.2, -0.15) is 0 Å². The summed E-state index contributed by atoms with van der Waals surface area (Å²) in [6.07, 6.45) is 7.93. The van der Waals surface area contributed by atoms with Gasteiger partial charge in [0.15, 0.2) is 11.5 Å². The SMILES string of the molecule is COc1cc(/C=C/C=C/c2ccccc2)ccc1O. The first-order valence-corrected chi connectivity index (χ1v) is 6.06. The predicted molar refractivity (Wildman–Crippen MR) is 79.2 cm³/mol. The largest absolute Gasteiger partial charge is 0.504 e. The summed E-state index contributed by atoms with van der Waals surface area (Å²) in [5.41, 5.74) is 2.14. The van der Waals surface area contributed by atoms with Crippen molar-refractivity contribution in [3.63, 3.8) is 0 Å². The Balaban J connectivity index is 2.05. The number of phenols is 1. The van der Waals surface area contributed by atoms with E-state index in [0.717, 1.165) is 11.1 Å². The third kappa shape index (κ3) is 3.75. The van der Waals surface area contributed by atoms with Gasteiger partial charge < -0.3 is 9.84 Å². The number of rotatable bonds is 4. The second kappa shape index (κ2) is 6.45. The molecule has 0 fully saturated rings. The third-order valence-electron chi connectivity index (χ3n) is 2.69. The van der Waals surface area contributed by atoms with Crippen LogP contribution >= 0.6 is 0 Å². The molecule has 0 heterocycles.